The summed E-state index contributed by atoms with van der Waals surface area (Å²) in [5, 5.41) is 10.0. The van der Waals surface area contributed by atoms with Crippen LogP contribution in [0.15, 0.2) is 72.5 Å². The van der Waals surface area contributed by atoms with Crippen LogP contribution in [-0.2, 0) is 13.0 Å². The zero-order valence-corrected chi connectivity index (χ0v) is 25.6. The summed E-state index contributed by atoms with van der Waals surface area (Å²) in [6.07, 6.45) is 10.3. The minimum atomic E-state index is 0.278. The van der Waals surface area contributed by atoms with Gasteiger partial charge in [0.25, 0.3) is 0 Å². The Hall–Kier alpha value is -3.18. The molecule has 0 fully saturated rings. The quantitative estimate of drug-likeness (QED) is 0.292. The van der Waals surface area contributed by atoms with Crippen molar-refractivity contribution in [2.75, 3.05) is 45.8 Å². The number of anilines is 1. The lowest BCUT2D eigenvalue weighted by Crippen LogP contribution is -2.25. The second-order valence-corrected chi connectivity index (χ2v) is 11.5. The average molecular weight is 547 g/mol. The number of benzene rings is 2. The van der Waals surface area contributed by atoms with Crippen molar-refractivity contribution in [1.29, 1.82) is 0 Å². The summed E-state index contributed by atoms with van der Waals surface area (Å²) in [5.41, 5.74) is 6.11. The van der Waals surface area contributed by atoms with Crippen LogP contribution in [-0.4, -0.2) is 50.9 Å². The van der Waals surface area contributed by atoms with Gasteiger partial charge in [-0.2, -0.15) is 0 Å². The van der Waals surface area contributed by atoms with Gasteiger partial charge in [-0.3, -0.25) is 0 Å². The Bertz CT molecular complexity index is 1150. The Balaban J connectivity index is 1.87. The van der Waals surface area contributed by atoms with Gasteiger partial charge in [-0.1, -0.05) is 56.3 Å². The molecule has 1 N–H and O–H groups in total. The molecule has 0 spiro atoms. The van der Waals surface area contributed by atoms with E-state index < -0.39 is 0 Å². The highest BCUT2D eigenvalue weighted by atomic mass is 16.5. The van der Waals surface area contributed by atoms with E-state index in [1.165, 1.54) is 22.4 Å². The molecule has 40 heavy (non-hydrogen) atoms. The van der Waals surface area contributed by atoms with Crippen molar-refractivity contribution >= 4 is 5.69 Å². The number of methoxy groups -OCH3 is 2. The fourth-order valence-corrected chi connectivity index (χ4v) is 5.56. The van der Waals surface area contributed by atoms with Crippen LogP contribution in [0.4, 0.5) is 5.69 Å². The Morgan fingerprint density at radius 1 is 1.02 bits per heavy atom. The highest BCUT2D eigenvalue weighted by Gasteiger charge is 2.23. The second-order valence-electron chi connectivity index (χ2n) is 11.5. The van der Waals surface area contributed by atoms with Crippen LogP contribution in [0.2, 0.25) is 0 Å². The van der Waals surface area contributed by atoms with Crippen LogP contribution < -0.4 is 14.4 Å². The predicted molar refractivity (Wildman–Crippen MR) is 169 cm³/mol. The molecule has 0 amide bonds. The number of aliphatic hydroxyl groups excluding tert-OH is 1. The number of hydrogen-bond donors (Lipinski definition) is 1. The van der Waals surface area contributed by atoms with E-state index in [0.29, 0.717) is 11.7 Å². The molecule has 0 radical (unpaired) electrons. The molecule has 218 valence electrons. The van der Waals surface area contributed by atoms with Gasteiger partial charge in [0.1, 0.15) is 5.76 Å². The maximum Gasteiger partial charge on any atom is 0.162 e. The molecule has 0 aromatic heterocycles. The number of nitrogens with zero attached hydrogens (tertiary/aromatic N) is 2. The van der Waals surface area contributed by atoms with Gasteiger partial charge < -0.3 is 24.4 Å². The standard InChI is InChI=1S/C35H50N2O3/c1-8-37(25-29-16-14-28(15-17-29)19-20-36(5)24-26(2)3)33-23-35(40-7)34(39-6)22-32(33)30-11-9-10-12-31(38)18-13-27(4)21-30/h12-18,22-23,26,30,38H,4,8-11,19-21,24-25H2,1-3,5-7H3/b18-13-,31-12+/t30-/m1/s1. The molecular weight excluding hydrogens is 496 g/mol. The van der Waals surface area contributed by atoms with E-state index in [-0.39, 0.29) is 5.92 Å². The molecule has 0 aliphatic heterocycles. The number of rotatable bonds is 12. The van der Waals surface area contributed by atoms with E-state index in [4.69, 9.17) is 9.47 Å². The lowest BCUT2D eigenvalue weighted by Gasteiger charge is -2.31. The largest absolute Gasteiger partial charge is 0.508 e. The molecule has 1 aliphatic rings. The second kappa shape index (κ2) is 15.6. The molecule has 1 aliphatic carbocycles. The molecule has 3 rings (SSSR count). The third-order valence-electron chi connectivity index (χ3n) is 7.66. The van der Waals surface area contributed by atoms with Crippen LogP contribution >= 0.6 is 0 Å². The predicted octanol–water partition coefficient (Wildman–Crippen LogP) is 8.07. The smallest absolute Gasteiger partial charge is 0.162 e. The lowest BCUT2D eigenvalue weighted by molar-refractivity contribution is 0.299. The van der Waals surface area contributed by atoms with Gasteiger partial charge in [-0.25, -0.2) is 0 Å². The molecule has 0 saturated heterocycles. The van der Waals surface area contributed by atoms with Gasteiger partial charge in [-0.15, -0.1) is 0 Å². The van der Waals surface area contributed by atoms with E-state index in [0.717, 1.165) is 75.4 Å². The first kappa shape index (κ1) is 31.3. The highest BCUT2D eigenvalue weighted by Crippen LogP contribution is 2.43. The van der Waals surface area contributed by atoms with E-state index in [1.54, 1.807) is 20.3 Å². The van der Waals surface area contributed by atoms with Crippen molar-refractivity contribution in [2.45, 2.75) is 65.3 Å². The number of ether oxygens (including phenoxy) is 2. The number of aliphatic hydroxyl groups is 1. The van der Waals surface area contributed by atoms with Crippen molar-refractivity contribution < 1.29 is 14.6 Å². The first-order valence-corrected chi connectivity index (χ1v) is 14.8. The monoisotopic (exact) mass is 546 g/mol. The van der Waals surface area contributed by atoms with Crippen LogP contribution in [0.25, 0.3) is 0 Å². The van der Waals surface area contributed by atoms with Gasteiger partial charge in [0.05, 0.1) is 14.2 Å². The zero-order valence-electron chi connectivity index (χ0n) is 25.6. The van der Waals surface area contributed by atoms with Crippen LogP contribution in [0.3, 0.4) is 0 Å². The summed E-state index contributed by atoms with van der Waals surface area (Å²) in [7, 11) is 5.60. The van der Waals surface area contributed by atoms with Gasteiger partial charge in [0.15, 0.2) is 11.5 Å². The molecule has 0 saturated carbocycles. The molecule has 0 unspecified atom stereocenters. The van der Waals surface area contributed by atoms with E-state index in [9.17, 15) is 5.11 Å². The molecule has 2 aromatic rings. The summed E-state index contributed by atoms with van der Waals surface area (Å²) in [6, 6.07) is 13.4. The summed E-state index contributed by atoms with van der Waals surface area (Å²) >= 11 is 0. The first-order valence-electron chi connectivity index (χ1n) is 14.8. The van der Waals surface area contributed by atoms with Gasteiger partial charge >= 0.3 is 0 Å². The number of likely N-dealkylation sites (N-methyl/N-ethyl adjacent to an activating group) is 1. The maximum absolute atomic E-state index is 10.0. The van der Waals surface area contributed by atoms with Gasteiger partial charge in [0, 0.05) is 37.9 Å². The van der Waals surface area contributed by atoms with Crippen LogP contribution in [0.5, 0.6) is 11.5 Å². The molecular formula is C35H50N2O3. The van der Waals surface area contributed by atoms with Crippen LogP contribution in [0.1, 0.15) is 69.1 Å². The normalized spacial score (nSPS) is 18.4. The van der Waals surface area contributed by atoms with Gasteiger partial charge in [-0.05, 0) is 92.8 Å². The van der Waals surface area contributed by atoms with Crippen molar-refractivity contribution in [3.8, 4) is 11.5 Å². The third-order valence-corrected chi connectivity index (χ3v) is 7.66. The van der Waals surface area contributed by atoms with E-state index in [2.05, 4.69) is 80.6 Å². The summed E-state index contributed by atoms with van der Waals surface area (Å²) in [6.45, 7) is 14.9. The third kappa shape index (κ3) is 9.19. The maximum atomic E-state index is 10.0. The average Bonchev–Trinajstić information content (AvgIpc) is 2.94. The molecule has 1 atom stereocenters. The molecule has 0 heterocycles. The Morgan fingerprint density at radius 2 is 1.70 bits per heavy atom. The summed E-state index contributed by atoms with van der Waals surface area (Å²) in [4.78, 5) is 4.85. The summed E-state index contributed by atoms with van der Waals surface area (Å²) < 4.78 is 11.5. The summed E-state index contributed by atoms with van der Waals surface area (Å²) in [5.74, 6) is 2.77. The SMILES string of the molecule is C=C1/C=C\C(O)=C/CCC[C@@H](c2cc(OC)c(OC)cc2N(CC)Cc2ccc(CCN(C)CC(C)C)cc2)C1. The number of hydrogen-bond acceptors (Lipinski definition) is 5. The fraction of sp³-hybridized carbons (Fsp3) is 0.486. The van der Waals surface area contributed by atoms with E-state index in [1.807, 2.05) is 12.2 Å². The Morgan fingerprint density at radius 3 is 2.35 bits per heavy atom. The van der Waals surface area contributed by atoms with Crippen molar-refractivity contribution in [1.82, 2.24) is 4.90 Å². The zero-order chi connectivity index (χ0) is 29.1. The van der Waals surface area contributed by atoms with Crippen molar-refractivity contribution in [2.24, 2.45) is 5.92 Å². The van der Waals surface area contributed by atoms with Crippen LogP contribution in [0, 0.1) is 5.92 Å². The van der Waals surface area contributed by atoms with Crippen molar-refractivity contribution in [3.05, 3.63) is 89.2 Å². The topological polar surface area (TPSA) is 45.2 Å². The Labute approximate surface area is 242 Å². The number of allylic oxidation sites excluding steroid dienone is 4. The lowest BCUT2D eigenvalue weighted by atomic mass is 9.85. The van der Waals surface area contributed by atoms with Gasteiger partial charge in [0.2, 0.25) is 0 Å². The molecule has 5 heteroatoms. The minimum absolute atomic E-state index is 0.278. The molecule has 0 bridgehead atoms. The molecule has 2 aromatic carbocycles. The van der Waals surface area contributed by atoms with E-state index >= 15 is 0 Å². The first-order chi connectivity index (χ1) is 19.2. The fourth-order valence-electron chi connectivity index (χ4n) is 5.56. The highest BCUT2D eigenvalue weighted by molar-refractivity contribution is 5.64. The Kier molecular flexibility index (Phi) is 12.2. The minimum Gasteiger partial charge on any atom is -0.508 e. The molecule has 5 nitrogen and oxygen atoms in total. The van der Waals surface area contributed by atoms with Crippen molar-refractivity contribution in [3.63, 3.8) is 0 Å².